The molecule has 0 aliphatic rings. The fourth-order valence-electron chi connectivity index (χ4n) is 1.86. The second-order valence-corrected chi connectivity index (χ2v) is 7.40. The van der Waals surface area contributed by atoms with Gasteiger partial charge in [0.2, 0.25) is 3.79 Å². The van der Waals surface area contributed by atoms with Crippen LogP contribution < -0.4 is 9.47 Å². The Kier molecular flexibility index (Phi) is 6.89. The molecule has 0 amide bonds. The molecular formula is C15H15Cl3O6. The third-order valence-electron chi connectivity index (χ3n) is 2.82. The second kappa shape index (κ2) is 8.05. The number of alkyl halides is 3. The molecule has 0 saturated heterocycles. The number of carbonyl (C=O) groups is 3. The number of rotatable bonds is 4. The Hall–Kier alpha value is -1.50. The van der Waals surface area contributed by atoms with E-state index in [1.807, 2.05) is 0 Å². The predicted molar refractivity (Wildman–Crippen MR) is 89.1 cm³/mol. The van der Waals surface area contributed by atoms with Crippen LogP contribution in [0, 0.1) is 13.8 Å². The molecule has 9 heteroatoms. The number of esters is 3. The summed E-state index contributed by atoms with van der Waals surface area (Å²) < 4.78 is 13.3. The molecule has 0 aliphatic carbocycles. The smallest absolute Gasteiger partial charge is 0.338 e. The van der Waals surface area contributed by atoms with Gasteiger partial charge >= 0.3 is 17.9 Å². The molecule has 132 valence electrons. The highest BCUT2D eigenvalue weighted by Crippen LogP contribution is 2.35. The van der Waals surface area contributed by atoms with E-state index in [0.29, 0.717) is 11.1 Å². The van der Waals surface area contributed by atoms with E-state index in [4.69, 9.17) is 49.0 Å². The summed E-state index contributed by atoms with van der Waals surface area (Å²) in [5.74, 6) is -1.86. The number of hydrogen-bond acceptors (Lipinski definition) is 6. The van der Waals surface area contributed by atoms with Crippen LogP contribution in [0.3, 0.4) is 0 Å². The first-order chi connectivity index (χ1) is 10.9. The maximum Gasteiger partial charge on any atom is 0.338 e. The molecule has 1 aromatic carbocycles. The lowest BCUT2D eigenvalue weighted by Gasteiger charge is -2.17. The van der Waals surface area contributed by atoms with Crippen molar-refractivity contribution in [1.82, 2.24) is 0 Å². The molecule has 1 rings (SSSR count). The van der Waals surface area contributed by atoms with Crippen molar-refractivity contribution in [3.05, 3.63) is 22.8 Å². The molecule has 0 fully saturated rings. The standard InChI is InChI=1S/C15H15Cl3O6/c1-7-11(14(21)22-6-15(16,17)18)5-12(23-9(3)19)8(2)13(7)24-10(4)20/h5H,6H2,1-4H3. The van der Waals surface area contributed by atoms with Gasteiger partial charge in [0.15, 0.2) is 0 Å². The van der Waals surface area contributed by atoms with E-state index >= 15 is 0 Å². The first kappa shape index (κ1) is 20.5. The molecule has 1 aromatic rings. The fraction of sp³-hybridized carbons (Fsp3) is 0.400. The minimum atomic E-state index is -1.77. The summed E-state index contributed by atoms with van der Waals surface area (Å²) in [5.41, 5.74) is 0.728. The van der Waals surface area contributed by atoms with Gasteiger partial charge in [-0.3, -0.25) is 9.59 Å². The average Bonchev–Trinajstić information content (AvgIpc) is 2.42. The van der Waals surface area contributed by atoms with Crippen LogP contribution in [-0.2, 0) is 14.3 Å². The second-order valence-electron chi connectivity index (χ2n) is 4.88. The summed E-state index contributed by atoms with van der Waals surface area (Å²) in [6, 6.07) is 1.31. The molecule has 6 nitrogen and oxygen atoms in total. The van der Waals surface area contributed by atoms with Crippen LogP contribution in [0.15, 0.2) is 6.07 Å². The lowest BCUT2D eigenvalue weighted by atomic mass is 10.0. The van der Waals surface area contributed by atoms with Crippen molar-refractivity contribution in [1.29, 1.82) is 0 Å². The van der Waals surface area contributed by atoms with E-state index in [9.17, 15) is 14.4 Å². The molecule has 0 aliphatic heterocycles. The Bertz CT molecular complexity index is 679. The van der Waals surface area contributed by atoms with Crippen LogP contribution in [0.5, 0.6) is 11.5 Å². The van der Waals surface area contributed by atoms with Crippen molar-refractivity contribution >= 4 is 52.7 Å². The lowest BCUT2D eigenvalue weighted by molar-refractivity contribution is -0.132. The molecule has 0 unspecified atom stereocenters. The first-order valence-electron chi connectivity index (χ1n) is 6.67. The maximum absolute atomic E-state index is 12.2. The van der Waals surface area contributed by atoms with Crippen molar-refractivity contribution in [3.8, 4) is 11.5 Å². The Labute approximate surface area is 153 Å². The average molecular weight is 398 g/mol. The van der Waals surface area contributed by atoms with Crippen LogP contribution in [0.4, 0.5) is 0 Å². The minimum Gasteiger partial charge on any atom is -0.458 e. The van der Waals surface area contributed by atoms with Gasteiger partial charge in [0.25, 0.3) is 0 Å². The number of carbonyl (C=O) groups excluding carboxylic acids is 3. The first-order valence-corrected chi connectivity index (χ1v) is 7.80. The van der Waals surface area contributed by atoms with Gasteiger partial charge in [-0.25, -0.2) is 4.79 Å². The van der Waals surface area contributed by atoms with Crippen LogP contribution in [0.1, 0.15) is 35.3 Å². The number of benzene rings is 1. The highest BCUT2D eigenvalue weighted by atomic mass is 35.6. The van der Waals surface area contributed by atoms with Crippen LogP contribution in [-0.4, -0.2) is 28.3 Å². The number of ether oxygens (including phenoxy) is 3. The Morgan fingerprint density at radius 2 is 1.54 bits per heavy atom. The molecule has 0 saturated carbocycles. The Morgan fingerprint density at radius 3 is 2.00 bits per heavy atom. The fourth-order valence-corrected chi connectivity index (χ4v) is 2.02. The summed E-state index contributed by atoms with van der Waals surface area (Å²) >= 11 is 16.6. The molecular weight excluding hydrogens is 383 g/mol. The van der Waals surface area contributed by atoms with Crippen molar-refractivity contribution < 1.29 is 28.6 Å². The topological polar surface area (TPSA) is 78.9 Å². The van der Waals surface area contributed by atoms with Crippen LogP contribution in [0.25, 0.3) is 0 Å². The lowest BCUT2D eigenvalue weighted by Crippen LogP contribution is -2.19. The van der Waals surface area contributed by atoms with Crippen LogP contribution >= 0.6 is 34.8 Å². The summed E-state index contributed by atoms with van der Waals surface area (Å²) in [7, 11) is 0. The zero-order chi connectivity index (χ0) is 18.7. The van der Waals surface area contributed by atoms with Gasteiger partial charge < -0.3 is 14.2 Å². The van der Waals surface area contributed by atoms with Gasteiger partial charge in [0.05, 0.1) is 5.56 Å². The molecule has 0 aromatic heterocycles. The summed E-state index contributed by atoms with van der Waals surface area (Å²) in [4.78, 5) is 34.7. The van der Waals surface area contributed by atoms with Gasteiger partial charge in [0, 0.05) is 25.0 Å². The zero-order valence-corrected chi connectivity index (χ0v) is 15.6. The quantitative estimate of drug-likeness (QED) is 0.438. The van der Waals surface area contributed by atoms with Gasteiger partial charge in [-0.05, 0) is 19.9 Å². The molecule has 0 heterocycles. The van der Waals surface area contributed by atoms with E-state index in [1.54, 1.807) is 13.8 Å². The molecule has 0 N–H and O–H groups in total. The Morgan fingerprint density at radius 1 is 1.00 bits per heavy atom. The Balaban J connectivity index is 3.34. The van der Waals surface area contributed by atoms with E-state index < -0.39 is 28.3 Å². The van der Waals surface area contributed by atoms with E-state index in [0.717, 1.165) is 0 Å². The van der Waals surface area contributed by atoms with Gasteiger partial charge in [-0.2, -0.15) is 0 Å². The summed E-state index contributed by atoms with van der Waals surface area (Å²) in [5, 5.41) is 0. The van der Waals surface area contributed by atoms with Gasteiger partial charge in [-0.1, -0.05) is 34.8 Å². The third-order valence-corrected chi connectivity index (χ3v) is 3.14. The molecule has 0 bridgehead atoms. The molecule has 0 spiro atoms. The zero-order valence-electron chi connectivity index (χ0n) is 13.4. The molecule has 24 heavy (non-hydrogen) atoms. The van der Waals surface area contributed by atoms with E-state index in [1.165, 1.54) is 19.9 Å². The van der Waals surface area contributed by atoms with Gasteiger partial charge in [-0.15, -0.1) is 0 Å². The number of hydrogen-bond donors (Lipinski definition) is 0. The molecule has 0 atom stereocenters. The van der Waals surface area contributed by atoms with Crippen molar-refractivity contribution in [2.24, 2.45) is 0 Å². The monoisotopic (exact) mass is 396 g/mol. The minimum absolute atomic E-state index is 0.0161. The summed E-state index contributed by atoms with van der Waals surface area (Å²) in [6.45, 7) is 5.06. The van der Waals surface area contributed by atoms with Crippen molar-refractivity contribution in [2.75, 3.05) is 6.61 Å². The van der Waals surface area contributed by atoms with Crippen molar-refractivity contribution in [3.63, 3.8) is 0 Å². The SMILES string of the molecule is CC(=O)Oc1cc(C(=O)OCC(Cl)(Cl)Cl)c(C)c(OC(C)=O)c1C. The van der Waals surface area contributed by atoms with Gasteiger partial charge in [0.1, 0.15) is 18.1 Å². The highest BCUT2D eigenvalue weighted by Gasteiger charge is 2.26. The predicted octanol–water partition coefficient (Wildman–Crippen LogP) is 3.68. The van der Waals surface area contributed by atoms with Crippen LogP contribution in [0.2, 0.25) is 0 Å². The largest absolute Gasteiger partial charge is 0.458 e. The summed E-state index contributed by atoms with van der Waals surface area (Å²) in [6.07, 6.45) is 0. The normalized spacial score (nSPS) is 11.0. The van der Waals surface area contributed by atoms with E-state index in [2.05, 4.69) is 0 Å². The molecule has 0 radical (unpaired) electrons. The highest BCUT2D eigenvalue weighted by molar-refractivity contribution is 6.67. The van der Waals surface area contributed by atoms with E-state index in [-0.39, 0.29) is 17.1 Å². The third kappa shape index (κ3) is 5.85. The number of halogens is 3. The van der Waals surface area contributed by atoms with Crippen molar-refractivity contribution in [2.45, 2.75) is 31.5 Å². The maximum atomic E-state index is 12.2.